The van der Waals surface area contributed by atoms with E-state index < -0.39 is 0 Å². The molecule has 0 fully saturated rings. The maximum atomic E-state index is 13.3. The zero-order valence-corrected chi connectivity index (χ0v) is 17.3. The van der Waals surface area contributed by atoms with E-state index in [-0.39, 0.29) is 5.82 Å². The maximum Gasteiger partial charge on any atom is 0.125 e. The molecular formula is C23H31FN4. The number of halogens is 1. The molecule has 0 saturated carbocycles. The monoisotopic (exact) mass is 382 g/mol. The normalized spacial score (nSPS) is 15.4. The van der Waals surface area contributed by atoms with Crippen molar-refractivity contribution in [2.45, 2.75) is 33.7 Å². The lowest BCUT2D eigenvalue weighted by Crippen LogP contribution is -2.34. The van der Waals surface area contributed by atoms with E-state index in [4.69, 9.17) is 0 Å². The van der Waals surface area contributed by atoms with Crippen molar-refractivity contribution < 1.29 is 4.39 Å². The Bertz CT molecular complexity index is 842. The summed E-state index contributed by atoms with van der Waals surface area (Å²) < 4.78 is 13.3. The molecular weight excluding hydrogens is 351 g/mol. The average molecular weight is 383 g/mol. The van der Waals surface area contributed by atoms with Gasteiger partial charge in [-0.3, -0.25) is 0 Å². The van der Waals surface area contributed by atoms with Gasteiger partial charge in [0.2, 0.25) is 0 Å². The molecule has 1 aliphatic rings. The number of nitrogens with zero attached hydrogens (tertiary/aromatic N) is 1. The fraction of sp³-hybridized carbons (Fsp3) is 0.391. The van der Waals surface area contributed by atoms with Crippen LogP contribution in [0.25, 0.3) is 5.57 Å². The summed E-state index contributed by atoms with van der Waals surface area (Å²) in [7, 11) is 0. The van der Waals surface area contributed by atoms with Crippen LogP contribution >= 0.6 is 0 Å². The van der Waals surface area contributed by atoms with Gasteiger partial charge in [0.25, 0.3) is 0 Å². The molecule has 28 heavy (non-hydrogen) atoms. The number of hydrogen-bond acceptors (Lipinski definition) is 4. The summed E-state index contributed by atoms with van der Waals surface area (Å²) >= 11 is 0. The minimum Gasteiger partial charge on any atom is -0.381 e. The first-order chi connectivity index (χ1) is 13.5. The van der Waals surface area contributed by atoms with Crippen LogP contribution in [0.4, 0.5) is 21.5 Å². The zero-order valence-electron chi connectivity index (χ0n) is 17.3. The van der Waals surface area contributed by atoms with Crippen LogP contribution in [0.5, 0.6) is 0 Å². The van der Waals surface area contributed by atoms with Crippen LogP contribution in [-0.4, -0.2) is 37.1 Å². The molecule has 4 nitrogen and oxygen atoms in total. The van der Waals surface area contributed by atoms with E-state index in [2.05, 4.69) is 66.7 Å². The van der Waals surface area contributed by atoms with Crippen LogP contribution in [0.15, 0.2) is 42.6 Å². The molecule has 0 amide bonds. The largest absolute Gasteiger partial charge is 0.381 e. The van der Waals surface area contributed by atoms with Crippen LogP contribution in [0, 0.1) is 12.7 Å². The lowest BCUT2D eigenvalue weighted by Gasteiger charge is -2.25. The second-order valence-electron chi connectivity index (χ2n) is 7.42. The number of aryl methyl sites for hydroxylation is 1. The van der Waals surface area contributed by atoms with Gasteiger partial charge in [-0.1, -0.05) is 13.8 Å². The standard InChI is InChI=1S/C23H31FN4/c1-5-28(6-2)15-17(4)27-22-10-8-20(11-16(22)3)25-13-18-14-26-23-12-19(24)7-9-21(18)23/h7-13,17,25-27H,5-6,14-15H2,1-4H3. The Morgan fingerprint density at radius 3 is 2.68 bits per heavy atom. The van der Waals surface area contributed by atoms with Crippen molar-refractivity contribution in [3.63, 3.8) is 0 Å². The van der Waals surface area contributed by atoms with Crippen LogP contribution in [0.3, 0.4) is 0 Å². The molecule has 0 spiro atoms. The van der Waals surface area contributed by atoms with Gasteiger partial charge in [0, 0.05) is 48.0 Å². The van der Waals surface area contributed by atoms with Gasteiger partial charge in [0.05, 0.1) is 0 Å². The molecule has 3 N–H and O–H groups in total. The van der Waals surface area contributed by atoms with Gasteiger partial charge in [-0.15, -0.1) is 0 Å². The van der Waals surface area contributed by atoms with E-state index in [1.807, 2.05) is 12.3 Å². The third-order valence-electron chi connectivity index (χ3n) is 5.26. The van der Waals surface area contributed by atoms with E-state index in [1.54, 1.807) is 6.07 Å². The fourth-order valence-electron chi connectivity index (χ4n) is 3.62. The highest BCUT2D eigenvalue weighted by atomic mass is 19.1. The number of fused-ring (bicyclic) bond motifs is 1. The van der Waals surface area contributed by atoms with Crippen molar-refractivity contribution in [2.24, 2.45) is 0 Å². The molecule has 0 aliphatic carbocycles. The van der Waals surface area contributed by atoms with E-state index in [1.165, 1.54) is 17.3 Å². The Morgan fingerprint density at radius 2 is 1.96 bits per heavy atom. The summed E-state index contributed by atoms with van der Waals surface area (Å²) in [5, 5.41) is 10.2. The van der Waals surface area contributed by atoms with Gasteiger partial charge in [0.1, 0.15) is 5.82 Å². The average Bonchev–Trinajstić information content (AvgIpc) is 3.08. The topological polar surface area (TPSA) is 39.3 Å². The summed E-state index contributed by atoms with van der Waals surface area (Å²) in [6.45, 7) is 12.6. The fourth-order valence-corrected chi connectivity index (χ4v) is 3.62. The number of benzene rings is 2. The summed E-state index contributed by atoms with van der Waals surface area (Å²) in [5.74, 6) is -0.214. The molecule has 1 atom stereocenters. The van der Waals surface area contributed by atoms with Gasteiger partial charge >= 0.3 is 0 Å². The minimum absolute atomic E-state index is 0.214. The van der Waals surface area contributed by atoms with Gasteiger partial charge in [-0.2, -0.15) is 0 Å². The molecule has 1 heterocycles. The second kappa shape index (κ2) is 9.11. The van der Waals surface area contributed by atoms with Gasteiger partial charge < -0.3 is 20.9 Å². The molecule has 2 aromatic rings. The third-order valence-corrected chi connectivity index (χ3v) is 5.26. The molecule has 0 aromatic heterocycles. The Labute approximate surface area is 167 Å². The summed E-state index contributed by atoms with van der Waals surface area (Å²) in [6.07, 6.45) is 2.00. The smallest absolute Gasteiger partial charge is 0.125 e. The van der Waals surface area contributed by atoms with Crippen LogP contribution < -0.4 is 16.0 Å². The Balaban J connectivity index is 1.64. The second-order valence-corrected chi connectivity index (χ2v) is 7.42. The first kappa shape index (κ1) is 20.2. The Hall–Kier alpha value is -2.53. The number of anilines is 3. The zero-order chi connectivity index (χ0) is 20.1. The highest BCUT2D eigenvalue weighted by Gasteiger charge is 2.16. The highest BCUT2D eigenvalue weighted by molar-refractivity contribution is 5.85. The van der Waals surface area contributed by atoms with Crippen molar-refractivity contribution in [1.82, 2.24) is 4.90 Å². The molecule has 3 rings (SSSR count). The quantitative estimate of drug-likeness (QED) is 0.590. The van der Waals surface area contributed by atoms with E-state index in [9.17, 15) is 4.39 Å². The number of likely N-dealkylation sites (N-methyl/N-ethyl adjacent to an activating group) is 1. The van der Waals surface area contributed by atoms with Gasteiger partial charge in [-0.25, -0.2) is 4.39 Å². The predicted octanol–water partition coefficient (Wildman–Crippen LogP) is 5.15. The van der Waals surface area contributed by atoms with E-state index in [0.29, 0.717) is 12.6 Å². The van der Waals surface area contributed by atoms with Crippen molar-refractivity contribution >= 4 is 22.6 Å². The van der Waals surface area contributed by atoms with E-state index in [0.717, 1.165) is 42.1 Å². The maximum absolute atomic E-state index is 13.3. The molecule has 1 aliphatic heterocycles. The highest BCUT2D eigenvalue weighted by Crippen LogP contribution is 2.31. The molecule has 150 valence electrons. The lowest BCUT2D eigenvalue weighted by molar-refractivity contribution is 0.295. The molecule has 0 radical (unpaired) electrons. The Morgan fingerprint density at radius 1 is 1.18 bits per heavy atom. The number of rotatable bonds is 8. The van der Waals surface area contributed by atoms with Crippen molar-refractivity contribution in [3.05, 3.63) is 59.5 Å². The molecule has 0 saturated heterocycles. The first-order valence-corrected chi connectivity index (χ1v) is 10.1. The van der Waals surface area contributed by atoms with Crippen LogP contribution in [0.2, 0.25) is 0 Å². The lowest BCUT2D eigenvalue weighted by atomic mass is 10.1. The van der Waals surface area contributed by atoms with Crippen molar-refractivity contribution in [1.29, 1.82) is 0 Å². The molecule has 1 unspecified atom stereocenters. The number of hydrogen-bond donors (Lipinski definition) is 3. The Kier molecular flexibility index (Phi) is 6.57. The van der Waals surface area contributed by atoms with Gasteiger partial charge in [0.15, 0.2) is 0 Å². The molecule has 0 bridgehead atoms. The first-order valence-electron chi connectivity index (χ1n) is 10.1. The van der Waals surface area contributed by atoms with Crippen molar-refractivity contribution in [3.8, 4) is 0 Å². The molecule has 2 aromatic carbocycles. The summed E-state index contributed by atoms with van der Waals surface area (Å²) in [4.78, 5) is 2.43. The SMILES string of the molecule is CCN(CC)CC(C)Nc1ccc(NC=C2CNc3cc(F)ccc32)cc1C. The number of nitrogens with one attached hydrogen (secondary N) is 3. The minimum atomic E-state index is -0.214. The predicted molar refractivity (Wildman–Crippen MR) is 119 cm³/mol. The van der Waals surface area contributed by atoms with Crippen LogP contribution in [-0.2, 0) is 0 Å². The van der Waals surface area contributed by atoms with Gasteiger partial charge in [-0.05, 0) is 74.5 Å². The third kappa shape index (κ3) is 4.84. The molecule has 5 heteroatoms. The summed E-state index contributed by atoms with van der Waals surface area (Å²) in [5.41, 5.74) is 6.45. The van der Waals surface area contributed by atoms with E-state index >= 15 is 0 Å². The van der Waals surface area contributed by atoms with Crippen LogP contribution in [0.1, 0.15) is 31.9 Å². The van der Waals surface area contributed by atoms with Crippen molar-refractivity contribution in [2.75, 3.05) is 42.1 Å². The summed E-state index contributed by atoms with van der Waals surface area (Å²) in [6, 6.07) is 11.6.